The molecule has 5 nitrogen and oxygen atoms in total. The van der Waals surface area contributed by atoms with Crippen molar-refractivity contribution in [2.24, 2.45) is 0 Å². The maximum atomic E-state index is 13.7. The lowest BCUT2D eigenvalue weighted by molar-refractivity contribution is -0.116. The third-order valence-corrected chi connectivity index (χ3v) is 6.06. The van der Waals surface area contributed by atoms with Gasteiger partial charge in [-0.15, -0.1) is 0 Å². The predicted molar refractivity (Wildman–Crippen MR) is 136 cm³/mol. The fraction of sp³-hybridized carbons (Fsp3) is 0.138. The zero-order valence-corrected chi connectivity index (χ0v) is 19.5. The van der Waals surface area contributed by atoms with Gasteiger partial charge >= 0.3 is 0 Å². The summed E-state index contributed by atoms with van der Waals surface area (Å²) in [5.41, 5.74) is 5.82. The van der Waals surface area contributed by atoms with Gasteiger partial charge in [-0.1, -0.05) is 78.9 Å². The highest BCUT2D eigenvalue weighted by molar-refractivity contribution is 5.98. The molecule has 5 heteroatoms. The zero-order chi connectivity index (χ0) is 23.7. The van der Waals surface area contributed by atoms with Gasteiger partial charge in [-0.25, -0.2) is 4.98 Å². The molecule has 0 saturated heterocycles. The first-order chi connectivity index (χ1) is 16.5. The minimum Gasteiger partial charge on any atom is -0.310 e. The number of hydrogen-bond donors (Lipinski definition) is 1. The summed E-state index contributed by atoms with van der Waals surface area (Å²) in [6.45, 7) is 6.04. The van der Waals surface area contributed by atoms with E-state index in [4.69, 9.17) is 4.98 Å². The molecule has 2 heterocycles. The van der Waals surface area contributed by atoms with E-state index in [0.29, 0.717) is 11.6 Å². The van der Waals surface area contributed by atoms with Crippen LogP contribution in [0, 0.1) is 20.8 Å². The third kappa shape index (κ3) is 4.08. The minimum absolute atomic E-state index is 0.118. The summed E-state index contributed by atoms with van der Waals surface area (Å²) in [4.78, 5) is 18.6. The van der Waals surface area contributed by atoms with E-state index >= 15 is 0 Å². The Morgan fingerprint density at radius 3 is 2.09 bits per heavy atom. The van der Waals surface area contributed by atoms with Crippen LogP contribution >= 0.6 is 0 Å². The van der Waals surface area contributed by atoms with Gasteiger partial charge in [-0.3, -0.25) is 4.79 Å². The maximum Gasteiger partial charge on any atom is 0.237 e. The van der Waals surface area contributed by atoms with Gasteiger partial charge in [0.25, 0.3) is 0 Å². The van der Waals surface area contributed by atoms with Crippen molar-refractivity contribution < 1.29 is 4.79 Å². The standard InChI is InChI=1S/C29H26N4O/c1-19-11-10-16-24-20(2)17-25(30-28(19)24)33-26(18-21(3)32-33)31-29(34)27(22-12-6-4-7-13-22)23-14-8-5-9-15-23/h4-18,27H,1-3H3,(H,31,34). The van der Waals surface area contributed by atoms with Crippen molar-refractivity contribution in [1.29, 1.82) is 0 Å². The van der Waals surface area contributed by atoms with Crippen molar-refractivity contribution in [1.82, 2.24) is 14.8 Å². The number of pyridine rings is 1. The number of rotatable bonds is 5. The molecule has 0 bridgehead atoms. The van der Waals surface area contributed by atoms with Crippen LogP contribution in [-0.4, -0.2) is 20.7 Å². The van der Waals surface area contributed by atoms with Crippen molar-refractivity contribution in [2.75, 3.05) is 5.32 Å². The van der Waals surface area contributed by atoms with Crippen LogP contribution in [-0.2, 0) is 4.79 Å². The van der Waals surface area contributed by atoms with E-state index in [2.05, 4.69) is 36.4 Å². The van der Waals surface area contributed by atoms with E-state index in [-0.39, 0.29) is 5.91 Å². The normalized spacial score (nSPS) is 11.2. The first-order valence-corrected chi connectivity index (χ1v) is 11.4. The summed E-state index contributed by atoms with van der Waals surface area (Å²) in [6, 6.07) is 29.7. The Balaban J connectivity index is 1.56. The van der Waals surface area contributed by atoms with E-state index in [1.807, 2.05) is 85.8 Å². The SMILES string of the molecule is Cc1cc(NC(=O)C(c2ccccc2)c2ccccc2)n(-c2cc(C)c3cccc(C)c3n2)n1. The van der Waals surface area contributed by atoms with E-state index in [9.17, 15) is 4.79 Å². The average molecular weight is 447 g/mol. The van der Waals surface area contributed by atoms with E-state index in [1.165, 1.54) is 0 Å². The van der Waals surface area contributed by atoms with Gasteiger partial charge in [-0.05, 0) is 49.1 Å². The highest BCUT2D eigenvalue weighted by Crippen LogP contribution is 2.28. The number of fused-ring (bicyclic) bond motifs is 1. The number of anilines is 1. The summed E-state index contributed by atoms with van der Waals surface area (Å²) >= 11 is 0. The van der Waals surface area contributed by atoms with Crippen molar-refractivity contribution >= 4 is 22.6 Å². The van der Waals surface area contributed by atoms with Crippen LogP contribution in [0.1, 0.15) is 33.9 Å². The van der Waals surface area contributed by atoms with E-state index < -0.39 is 5.92 Å². The van der Waals surface area contributed by atoms with Crippen molar-refractivity contribution in [2.45, 2.75) is 26.7 Å². The molecule has 2 aromatic heterocycles. The number of amides is 1. The molecule has 0 atom stereocenters. The molecule has 5 rings (SSSR count). The first kappa shape index (κ1) is 21.6. The number of carbonyl (C=O) groups is 1. The molecule has 1 amide bonds. The fourth-order valence-corrected chi connectivity index (χ4v) is 4.40. The summed E-state index contributed by atoms with van der Waals surface area (Å²) < 4.78 is 1.72. The largest absolute Gasteiger partial charge is 0.310 e. The molecule has 1 N–H and O–H groups in total. The molecule has 0 spiro atoms. The molecular weight excluding hydrogens is 420 g/mol. The fourth-order valence-electron chi connectivity index (χ4n) is 4.40. The van der Waals surface area contributed by atoms with Gasteiger partial charge in [0.15, 0.2) is 5.82 Å². The number of para-hydroxylation sites is 1. The van der Waals surface area contributed by atoms with Crippen LogP contribution in [0.25, 0.3) is 16.7 Å². The molecule has 3 aromatic carbocycles. The quantitative estimate of drug-likeness (QED) is 0.354. The number of nitrogens with zero attached hydrogens (tertiary/aromatic N) is 3. The van der Waals surface area contributed by atoms with Crippen molar-refractivity contribution in [3.63, 3.8) is 0 Å². The second-order valence-corrected chi connectivity index (χ2v) is 8.59. The van der Waals surface area contributed by atoms with Gasteiger partial charge in [0, 0.05) is 11.5 Å². The van der Waals surface area contributed by atoms with Gasteiger partial charge in [0.1, 0.15) is 5.82 Å². The van der Waals surface area contributed by atoms with Gasteiger partial charge in [0.05, 0.1) is 17.1 Å². The Labute approximate surface area is 199 Å². The molecule has 0 aliphatic heterocycles. The second kappa shape index (κ2) is 8.94. The Bertz CT molecular complexity index is 1430. The lowest BCUT2D eigenvalue weighted by atomic mass is 9.90. The number of nitrogens with one attached hydrogen (secondary N) is 1. The molecule has 0 aliphatic carbocycles. The smallest absolute Gasteiger partial charge is 0.237 e. The summed E-state index contributed by atoms with van der Waals surface area (Å²) in [6.07, 6.45) is 0. The number of hydrogen-bond acceptors (Lipinski definition) is 3. The third-order valence-electron chi connectivity index (χ3n) is 6.06. The molecule has 0 aliphatic rings. The van der Waals surface area contributed by atoms with Crippen LogP contribution in [0.5, 0.6) is 0 Å². The monoisotopic (exact) mass is 446 g/mol. The van der Waals surface area contributed by atoms with Crippen LogP contribution in [0.2, 0.25) is 0 Å². The molecule has 0 unspecified atom stereocenters. The number of benzene rings is 3. The topological polar surface area (TPSA) is 59.8 Å². The van der Waals surface area contributed by atoms with Gasteiger partial charge in [0.2, 0.25) is 5.91 Å². The molecule has 0 saturated carbocycles. The van der Waals surface area contributed by atoms with Crippen LogP contribution in [0.4, 0.5) is 5.82 Å². The second-order valence-electron chi connectivity index (χ2n) is 8.59. The average Bonchev–Trinajstić information content (AvgIpc) is 3.21. The molecule has 5 aromatic rings. The molecule has 0 fully saturated rings. The van der Waals surface area contributed by atoms with E-state index in [0.717, 1.165) is 38.9 Å². The van der Waals surface area contributed by atoms with E-state index in [1.54, 1.807) is 4.68 Å². The Kier molecular flexibility index (Phi) is 5.68. The van der Waals surface area contributed by atoms with Gasteiger partial charge in [-0.2, -0.15) is 9.78 Å². The molecule has 34 heavy (non-hydrogen) atoms. The molecular formula is C29H26N4O. The first-order valence-electron chi connectivity index (χ1n) is 11.4. The summed E-state index contributed by atoms with van der Waals surface area (Å²) in [5, 5.41) is 8.90. The minimum atomic E-state index is -0.445. The van der Waals surface area contributed by atoms with Gasteiger partial charge < -0.3 is 5.32 Å². The number of aromatic nitrogens is 3. The summed E-state index contributed by atoms with van der Waals surface area (Å²) in [5.74, 6) is 0.713. The Hall–Kier alpha value is -4.25. The number of aryl methyl sites for hydroxylation is 3. The Morgan fingerprint density at radius 1 is 0.794 bits per heavy atom. The maximum absolute atomic E-state index is 13.7. The predicted octanol–water partition coefficient (Wildman–Crippen LogP) is 6.12. The van der Waals surface area contributed by atoms with Crippen LogP contribution < -0.4 is 5.32 Å². The molecule has 0 radical (unpaired) electrons. The van der Waals surface area contributed by atoms with Crippen molar-refractivity contribution in [3.8, 4) is 5.82 Å². The highest BCUT2D eigenvalue weighted by Gasteiger charge is 2.24. The molecule has 168 valence electrons. The van der Waals surface area contributed by atoms with Crippen LogP contribution in [0.15, 0.2) is 91.0 Å². The van der Waals surface area contributed by atoms with Crippen LogP contribution in [0.3, 0.4) is 0 Å². The lowest BCUT2D eigenvalue weighted by Gasteiger charge is -2.18. The Morgan fingerprint density at radius 2 is 1.44 bits per heavy atom. The highest BCUT2D eigenvalue weighted by atomic mass is 16.2. The lowest BCUT2D eigenvalue weighted by Crippen LogP contribution is -2.23. The number of carbonyl (C=O) groups excluding carboxylic acids is 1. The zero-order valence-electron chi connectivity index (χ0n) is 19.5. The van der Waals surface area contributed by atoms with Crippen molar-refractivity contribution in [3.05, 3.63) is 119 Å². The summed E-state index contributed by atoms with van der Waals surface area (Å²) in [7, 11) is 0.